The first kappa shape index (κ1) is 16.0. The Hall–Kier alpha value is -1.34. The van der Waals surface area contributed by atoms with Gasteiger partial charge in [0, 0.05) is 13.1 Å². The van der Waals surface area contributed by atoms with E-state index >= 15 is 0 Å². The van der Waals surface area contributed by atoms with Gasteiger partial charge in [-0.25, -0.2) is 13.2 Å². The first-order valence-corrected chi connectivity index (χ1v) is 8.61. The smallest absolute Gasteiger partial charge is 0.371 e. The summed E-state index contributed by atoms with van der Waals surface area (Å²) < 4.78 is 31.2. The fourth-order valence-corrected chi connectivity index (χ4v) is 4.15. The van der Waals surface area contributed by atoms with Gasteiger partial charge in [0.1, 0.15) is 0 Å². The number of carbonyl (C=O) groups is 1. The SMILES string of the molecule is CCC1CCC(N(C)S(=O)(=O)c2ccc(C(=O)O)o2)CC1. The zero-order chi connectivity index (χ0) is 15.6. The lowest BCUT2D eigenvalue weighted by Gasteiger charge is -2.33. The summed E-state index contributed by atoms with van der Waals surface area (Å²) in [5.74, 6) is -0.959. The van der Waals surface area contributed by atoms with Crippen LogP contribution in [0.2, 0.25) is 0 Å². The first-order chi connectivity index (χ1) is 9.86. The lowest BCUT2D eigenvalue weighted by atomic mass is 9.85. The average molecular weight is 315 g/mol. The summed E-state index contributed by atoms with van der Waals surface area (Å²) in [6, 6.07) is 2.32. The third kappa shape index (κ3) is 3.29. The minimum Gasteiger partial charge on any atom is -0.475 e. The van der Waals surface area contributed by atoms with E-state index in [9.17, 15) is 13.2 Å². The summed E-state index contributed by atoms with van der Waals surface area (Å²) in [6.07, 6.45) is 4.85. The van der Waals surface area contributed by atoms with Gasteiger partial charge in [-0.1, -0.05) is 13.3 Å². The molecule has 1 heterocycles. The van der Waals surface area contributed by atoms with Crippen LogP contribution in [0, 0.1) is 5.92 Å². The third-order valence-electron chi connectivity index (χ3n) is 4.33. The van der Waals surface area contributed by atoms with Gasteiger partial charge >= 0.3 is 5.97 Å². The second kappa shape index (κ2) is 6.19. The second-order valence-electron chi connectivity index (χ2n) is 5.53. The predicted molar refractivity (Wildman–Crippen MR) is 76.7 cm³/mol. The highest BCUT2D eigenvalue weighted by molar-refractivity contribution is 7.89. The fraction of sp³-hybridized carbons (Fsp3) is 0.643. The lowest BCUT2D eigenvalue weighted by Crippen LogP contribution is -2.39. The fourth-order valence-electron chi connectivity index (χ4n) is 2.83. The van der Waals surface area contributed by atoms with E-state index in [1.165, 1.54) is 17.4 Å². The Morgan fingerprint density at radius 2 is 1.95 bits per heavy atom. The van der Waals surface area contributed by atoms with Crippen LogP contribution in [0.1, 0.15) is 49.6 Å². The van der Waals surface area contributed by atoms with E-state index in [2.05, 4.69) is 6.92 Å². The van der Waals surface area contributed by atoms with Crippen LogP contribution in [-0.2, 0) is 10.0 Å². The molecule has 1 aliphatic rings. The highest BCUT2D eigenvalue weighted by Gasteiger charge is 2.33. The van der Waals surface area contributed by atoms with Crippen molar-refractivity contribution in [2.24, 2.45) is 5.92 Å². The molecule has 0 unspecified atom stereocenters. The van der Waals surface area contributed by atoms with Gasteiger partial charge in [0.25, 0.3) is 10.0 Å². The number of rotatable bonds is 5. The molecule has 1 saturated carbocycles. The van der Waals surface area contributed by atoms with Crippen molar-refractivity contribution >= 4 is 16.0 Å². The molecule has 1 fully saturated rings. The zero-order valence-corrected chi connectivity index (χ0v) is 13.1. The van der Waals surface area contributed by atoms with Crippen LogP contribution < -0.4 is 0 Å². The van der Waals surface area contributed by atoms with Crippen LogP contribution in [0.4, 0.5) is 0 Å². The molecule has 0 bridgehead atoms. The number of hydrogen-bond donors (Lipinski definition) is 1. The van der Waals surface area contributed by atoms with Gasteiger partial charge in [0.15, 0.2) is 0 Å². The minimum atomic E-state index is -3.77. The molecule has 7 heteroatoms. The van der Waals surface area contributed by atoms with E-state index in [0.717, 1.165) is 38.2 Å². The molecule has 0 atom stereocenters. The van der Waals surface area contributed by atoms with Crippen molar-refractivity contribution in [3.05, 3.63) is 17.9 Å². The summed E-state index contributed by atoms with van der Waals surface area (Å²) in [7, 11) is -2.24. The van der Waals surface area contributed by atoms with Crippen molar-refractivity contribution < 1.29 is 22.7 Å². The van der Waals surface area contributed by atoms with E-state index in [1.807, 2.05) is 0 Å². The van der Waals surface area contributed by atoms with Crippen LogP contribution in [0.15, 0.2) is 21.6 Å². The van der Waals surface area contributed by atoms with Gasteiger partial charge in [0.2, 0.25) is 10.9 Å². The maximum absolute atomic E-state index is 12.5. The van der Waals surface area contributed by atoms with Crippen molar-refractivity contribution in [3.8, 4) is 0 Å². The van der Waals surface area contributed by atoms with Gasteiger partial charge in [-0.05, 0) is 43.7 Å². The Balaban J connectivity index is 2.13. The van der Waals surface area contributed by atoms with Gasteiger partial charge in [-0.15, -0.1) is 0 Å². The summed E-state index contributed by atoms with van der Waals surface area (Å²) in [6.45, 7) is 2.15. The average Bonchev–Trinajstić information content (AvgIpc) is 2.97. The number of carboxylic acid groups (broad SMARTS) is 1. The maximum atomic E-state index is 12.5. The molecular weight excluding hydrogens is 294 g/mol. The molecule has 1 aromatic rings. The molecule has 1 aliphatic carbocycles. The molecule has 1 N–H and O–H groups in total. The van der Waals surface area contributed by atoms with E-state index < -0.39 is 16.0 Å². The summed E-state index contributed by atoms with van der Waals surface area (Å²) in [4.78, 5) is 10.8. The van der Waals surface area contributed by atoms with Crippen LogP contribution in [0.25, 0.3) is 0 Å². The molecule has 0 radical (unpaired) electrons. The summed E-state index contributed by atoms with van der Waals surface area (Å²) in [5, 5.41) is 8.50. The Kier molecular flexibility index (Phi) is 4.73. The molecule has 1 aromatic heterocycles. The van der Waals surface area contributed by atoms with Gasteiger partial charge < -0.3 is 9.52 Å². The molecule has 2 rings (SSSR count). The highest BCUT2D eigenvalue weighted by Crippen LogP contribution is 2.31. The van der Waals surface area contributed by atoms with Gasteiger partial charge in [-0.3, -0.25) is 0 Å². The molecular formula is C14H21NO5S. The topological polar surface area (TPSA) is 87.8 Å². The Labute approximate surface area is 124 Å². The number of sulfonamides is 1. The van der Waals surface area contributed by atoms with Crippen LogP contribution in [0.3, 0.4) is 0 Å². The van der Waals surface area contributed by atoms with Crippen molar-refractivity contribution in [2.75, 3.05) is 7.05 Å². The van der Waals surface area contributed by atoms with Crippen LogP contribution >= 0.6 is 0 Å². The van der Waals surface area contributed by atoms with Gasteiger partial charge in [0.05, 0.1) is 0 Å². The molecule has 0 spiro atoms. The molecule has 0 saturated heterocycles. The largest absolute Gasteiger partial charge is 0.475 e. The monoisotopic (exact) mass is 315 g/mol. The van der Waals surface area contributed by atoms with Gasteiger partial charge in [-0.2, -0.15) is 4.31 Å². The van der Waals surface area contributed by atoms with Crippen molar-refractivity contribution in [1.82, 2.24) is 4.31 Å². The minimum absolute atomic E-state index is 0.0452. The maximum Gasteiger partial charge on any atom is 0.371 e. The molecule has 118 valence electrons. The standard InChI is InChI=1S/C14H21NO5S/c1-3-10-4-6-11(7-5-10)15(2)21(18,19)13-9-8-12(20-13)14(16)17/h8-11H,3-7H2,1-2H3,(H,16,17). The quantitative estimate of drug-likeness (QED) is 0.902. The molecule has 21 heavy (non-hydrogen) atoms. The lowest BCUT2D eigenvalue weighted by molar-refractivity contribution is 0.0656. The molecule has 0 aromatic carbocycles. The van der Waals surface area contributed by atoms with Crippen molar-refractivity contribution in [3.63, 3.8) is 0 Å². The number of aromatic carboxylic acids is 1. The van der Waals surface area contributed by atoms with E-state index in [4.69, 9.17) is 9.52 Å². The number of hydrogen-bond acceptors (Lipinski definition) is 4. The second-order valence-corrected chi connectivity index (χ2v) is 7.46. The molecule has 0 amide bonds. The van der Waals surface area contributed by atoms with E-state index in [-0.39, 0.29) is 16.9 Å². The highest BCUT2D eigenvalue weighted by atomic mass is 32.2. The van der Waals surface area contributed by atoms with Crippen LogP contribution in [-0.4, -0.2) is 36.9 Å². The normalized spacial score (nSPS) is 23.4. The number of nitrogens with zero attached hydrogens (tertiary/aromatic N) is 1. The predicted octanol–water partition coefficient (Wildman–Crippen LogP) is 2.57. The third-order valence-corrected chi connectivity index (χ3v) is 6.12. The first-order valence-electron chi connectivity index (χ1n) is 7.17. The Morgan fingerprint density at radius 1 is 1.33 bits per heavy atom. The molecule has 0 aliphatic heterocycles. The van der Waals surface area contributed by atoms with E-state index in [0.29, 0.717) is 5.92 Å². The molecule has 6 nitrogen and oxygen atoms in total. The van der Waals surface area contributed by atoms with Crippen LogP contribution in [0.5, 0.6) is 0 Å². The van der Waals surface area contributed by atoms with E-state index in [1.54, 1.807) is 0 Å². The van der Waals surface area contributed by atoms with Crippen molar-refractivity contribution in [2.45, 2.75) is 50.2 Å². The summed E-state index contributed by atoms with van der Waals surface area (Å²) >= 11 is 0. The Bertz CT molecular complexity index is 599. The number of carboxylic acids is 1. The zero-order valence-electron chi connectivity index (χ0n) is 12.3. The van der Waals surface area contributed by atoms with Crippen molar-refractivity contribution in [1.29, 1.82) is 0 Å². The number of furan rings is 1. The summed E-state index contributed by atoms with van der Waals surface area (Å²) in [5.41, 5.74) is 0. The Morgan fingerprint density at radius 3 is 2.43 bits per heavy atom.